The SMILES string of the molecule is NC(CC1CCCC(F)(F)C1)C1CSCCO1. The number of ether oxygens (including phenoxy) is 1. The van der Waals surface area contributed by atoms with Crippen LogP contribution in [-0.2, 0) is 4.74 Å². The van der Waals surface area contributed by atoms with Crippen molar-refractivity contribution in [2.24, 2.45) is 11.7 Å². The maximum Gasteiger partial charge on any atom is 0.248 e. The van der Waals surface area contributed by atoms with Crippen LogP contribution in [0.1, 0.15) is 32.1 Å². The second-order valence-electron chi connectivity index (χ2n) is 5.20. The third kappa shape index (κ3) is 4.07. The summed E-state index contributed by atoms with van der Waals surface area (Å²) in [6.45, 7) is 0.740. The number of hydrogen-bond donors (Lipinski definition) is 1. The molecule has 0 spiro atoms. The van der Waals surface area contributed by atoms with Crippen molar-refractivity contribution in [2.45, 2.75) is 50.2 Å². The quantitative estimate of drug-likeness (QED) is 0.852. The predicted molar refractivity (Wildman–Crippen MR) is 66.6 cm³/mol. The Bertz CT molecular complexity index is 247. The molecule has 1 heterocycles. The number of nitrogens with two attached hydrogens (primary N) is 1. The van der Waals surface area contributed by atoms with Gasteiger partial charge in [0.2, 0.25) is 5.92 Å². The summed E-state index contributed by atoms with van der Waals surface area (Å²) in [6, 6.07) is -0.0818. The van der Waals surface area contributed by atoms with Crippen molar-refractivity contribution in [2.75, 3.05) is 18.1 Å². The fraction of sp³-hybridized carbons (Fsp3) is 1.00. The molecule has 17 heavy (non-hydrogen) atoms. The average Bonchev–Trinajstić information content (AvgIpc) is 2.29. The van der Waals surface area contributed by atoms with Crippen LogP contribution in [0.3, 0.4) is 0 Å². The third-order valence-corrected chi connectivity index (χ3v) is 4.69. The summed E-state index contributed by atoms with van der Waals surface area (Å²) in [7, 11) is 0. The number of hydrogen-bond acceptors (Lipinski definition) is 3. The molecule has 2 N–H and O–H groups in total. The molecule has 0 amide bonds. The Balaban J connectivity index is 1.79. The van der Waals surface area contributed by atoms with Gasteiger partial charge in [0.25, 0.3) is 0 Å². The lowest BCUT2D eigenvalue weighted by Gasteiger charge is -2.33. The highest BCUT2D eigenvalue weighted by molar-refractivity contribution is 7.99. The van der Waals surface area contributed by atoms with Gasteiger partial charge in [0.1, 0.15) is 0 Å². The van der Waals surface area contributed by atoms with Gasteiger partial charge >= 0.3 is 0 Å². The zero-order chi connectivity index (χ0) is 12.3. The molecule has 0 aromatic heterocycles. The molecule has 1 aliphatic heterocycles. The minimum absolute atomic E-state index is 0.0144. The van der Waals surface area contributed by atoms with E-state index in [2.05, 4.69) is 0 Å². The van der Waals surface area contributed by atoms with Crippen molar-refractivity contribution < 1.29 is 13.5 Å². The molecule has 2 aliphatic rings. The van der Waals surface area contributed by atoms with Crippen LogP contribution < -0.4 is 5.73 Å². The Morgan fingerprint density at radius 2 is 2.29 bits per heavy atom. The average molecular weight is 265 g/mol. The van der Waals surface area contributed by atoms with E-state index in [4.69, 9.17) is 10.5 Å². The van der Waals surface area contributed by atoms with E-state index < -0.39 is 5.92 Å². The normalized spacial score (nSPS) is 35.5. The van der Waals surface area contributed by atoms with Crippen molar-refractivity contribution in [3.8, 4) is 0 Å². The van der Waals surface area contributed by atoms with Crippen LogP contribution in [-0.4, -0.2) is 36.2 Å². The lowest BCUT2D eigenvalue weighted by Crippen LogP contribution is -2.43. The predicted octanol–water partition coefficient (Wildman–Crippen LogP) is 2.66. The molecule has 1 saturated carbocycles. The molecule has 0 bridgehead atoms. The second kappa shape index (κ2) is 5.85. The Labute approximate surface area is 106 Å². The van der Waals surface area contributed by atoms with E-state index >= 15 is 0 Å². The summed E-state index contributed by atoms with van der Waals surface area (Å²) < 4.78 is 32.1. The minimum Gasteiger partial charge on any atom is -0.375 e. The largest absolute Gasteiger partial charge is 0.375 e. The zero-order valence-corrected chi connectivity index (χ0v) is 10.9. The molecule has 1 saturated heterocycles. The van der Waals surface area contributed by atoms with E-state index in [-0.39, 0.29) is 30.9 Å². The molecule has 100 valence electrons. The first-order chi connectivity index (χ1) is 8.07. The highest BCUT2D eigenvalue weighted by atomic mass is 32.2. The van der Waals surface area contributed by atoms with E-state index in [1.165, 1.54) is 0 Å². The van der Waals surface area contributed by atoms with Gasteiger partial charge in [0.15, 0.2) is 0 Å². The summed E-state index contributed by atoms with van der Waals surface area (Å²) in [5.74, 6) is -0.468. The van der Waals surface area contributed by atoms with Gasteiger partial charge in [0, 0.05) is 30.4 Å². The fourth-order valence-electron chi connectivity index (χ4n) is 2.77. The molecule has 2 fully saturated rings. The Kier molecular flexibility index (Phi) is 4.66. The lowest BCUT2D eigenvalue weighted by molar-refractivity contribution is -0.0571. The van der Waals surface area contributed by atoms with E-state index in [1.807, 2.05) is 11.8 Å². The molecule has 1 aliphatic carbocycles. The molecule has 2 rings (SSSR count). The highest BCUT2D eigenvalue weighted by Gasteiger charge is 2.37. The summed E-state index contributed by atoms with van der Waals surface area (Å²) in [5, 5.41) is 0. The van der Waals surface area contributed by atoms with E-state index in [0.717, 1.165) is 24.5 Å². The van der Waals surface area contributed by atoms with E-state index in [9.17, 15) is 8.78 Å². The van der Waals surface area contributed by atoms with Crippen LogP contribution in [0.5, 0.6) is 0 Å². The monoisotopic (exact) mass is 265 g/mol. The van der Waals surface area contributed by atoms with Gasteiger partial charge in [-0.3, -0.25) is 0 Å². The van der Waals surface area contributed by atoms with Gasteiger partial charge in [-0.25, -0.2) is 8.78 Å². The minimum atomic E-state index is -2.47. The summed E-state index contributed by atoms with van der Waals surface area (Å²) in [4.78, 5) is 0. The third-order valence-electron chi connectivity index (χ3n) is 3.67. The van der Waals surface area contributed by atoms with Gasteiger partial charge in [-0.1, -0.05) is 0 Å². The highest BCUT2D eigenvalue weighted by Crippen LogP contribution is 2.38. The van der Waals surface area contributed by atoms with Crippen LogP contribution in [0.4, 0.5) is 8.78 Å². The molecule has 0 radical (unpaired) electrons. The molecular weight excluding hydrogens is 244 g/mol. The van der Waals surface area contributed by atoms with Gasteiger partial charge in [-0.2, -0.15) is 11.8 Å². The van der Waals surface area contributed by atoms with Crippen molar-refractivity contribution in [1.82, 2.24) is 0 Å². The van der Waals surface area contributed by atoms with Crippen molar-refractivity contribution in [1.29, 1.82) is 0 Å². The first-order valence-electron chi connectivity index (χ1n) is 6.39. The van der Waals surface area contributed by atoms with Crippen molar-refractivity contribution in [3.63, 3.8) is 0 Å². The maximum atomic E-state index is 13.3. The Morgan fingerprint density at radius 3 is 2.94 bits per heavy atom. The molecule has 3 atom stereocenters. The fourth-order valence-corrected chi connectivity index (χ4v) is 3.72. The Hall–Kier alpha value is 0.130. The van der Waals surface area contributed by atoms with Crippen LogP contribution in [0.15, 0.2) is 0 Å². The van der Waals surface area contributed by atoms with Crippen LogP contribution >= 0.6 is 11.8 Å². The van der Waals surface area contributed by atoms with E-state index in [0.29, 0.717) is 12.8 Å². The summed E-state index contributed by atoms with van der Waals surface area (Å²) in [5.41, 5.74) is 6.08. The summed E-state index contributed by atoms with van der Waals surface area (Å²) >= 11 is 1.84. The Morgan fingerprint density at radius 1 is 1.47 bits per heavy atom. The van der Waals surface area contributed by atoms with Gasteiger partial charge in [-0.05, 0) is 25.2 Å². The molecule has 5 heteroatoms. The van der Waals surface area contributed by atoms with Gasteiger partial charge < -0.3 is 10.5 Å². The van der Waals surface area contributed by atoms with Gasteiger partial charge in [-0.15, -0.1) is 0 Å². The molecule has 3 unspecified atom stereocenters. The second-order valence-corrected chi connectivity index (χ2v) is 6.35. The van der Waals surface area contributed by atoms with Crippen LogP contribution in [0, 0.1) is 5.92 Å². The van der Waals surface area contributed by atoms with Gasteiger partial charge in [0.05, 0.1) is 12.7 Å². The number of thioether (sulfide) groups is 1. The smallest absolute Gasteiger partial charge is 0.248 e. The maximum absolute atomic E-state index is 13.3. The number of halogens is 2. The van der Waals surface area contributed by atoms with Crippen LogP contribution in [0.2, 0.25) is 0 Å². The lowest BCUT2D eigenvalue weighted by atomic mass is 9.82. The molecule has 0 aromatic carbocycles. The first-order valence-corrected chi connectivity index (χ1v) is 7.55. The first kappa shape index (κ1) is 13.6. The number of rotatable bonds is 3. The van der Waals surface area contributed by atoms with E-state index in [1.54, 1.807) is 0 Å². The summed E-state index contributed by atoms with van der Waals surface area (Å²) in [6.07, 6.45) is 2.33. The molecular formula is C12H21F2NOS. The number of alkyl halides is 2. The zero-order valence-electron chi connectivity index (χ0n) is 10.0. The van der Waals surface area contributed by atoms with Crippen molar-refractivity contribution in [3.05, 3.63) is 0 Å². The van der Waals surface area contributed by atoms with Crippen molar-refractivity contribution >= 4 is 11.8 Å². The topological polar surface area (TPSA) is 35.2 Å². The van der Waals surface area contributed by atoms with Crippen LogP contribution in [0.25, 0.3) is 0 Å². The molecule has 2 nitrogen and oxygen atoms in total. The molecule has 0 aromatic rings. The standard InChI is InChI=1S/C12H21F2NOS/c13-12(14)3-1-2-9(7-12)6-10(15)11-8-17-5-4-16-11/h9-11H,1-8,15H2.